The van der Waals surface area contributed by atoms with Gasteiger partial charge in [0, 0.05) is 25.8 Å². The summed E-state index contributed by atoms with van der Waals surface area (Å²) in [5.74, 6) is -1.55. The Kier molecular flexibility index (Phi) is 7.22. The lowest BCUT2D eigenvalue weighted by Gasteiger charge is -2.15. The molecule has 1 aliphatic rings. The van der Waals surface area contributed by atoms with Crippen molar-refractivity contribution < 1.29 is 31.2 Å². The molecule has 0 unspecified atom stereocenters. The van der Waals surface area contributed by atoms with E-state index in [1.165, 1.54) is 50.5 Å². The molecule has 0 saturated heterocycles. The molecule has 0 heterocycles. The van der Waals surface area contributed by atoms with Crippen LogP contribution in [-0.4, -0.2) is 59.8 Å². The van der Waals surface area contributed by atoms with E-state index in [-0.39, 0.29) is 27.1 Å². The average Bonchev–Trinajstić information content (AvgIpc) is 3.56. The molecule has 3 rings (SSSR count). The molecule has 2 N–H and O–H groups in total. The van der Waals surface area contributed by atoms with Crippen LogP contribution >= 0.6 is 0 Å². The summed E-state index contributed by atoms with van der Waals surface area (Å²) in [7, 11) is -4.64. The predicted molar refractivity (Wildman–Crippen MR) is 121 cm³/mol. The fourth-order valence-corrected chi connectivity index (χ4v) is 5.34. The highest BCUT2D eigenvalue weighted by molar-refractivity contribution is 7.89. The first-order chi connectivity index (χ1) is 15.4. The first kappa shape index (κ1) is 24.8. The van der Waals surface area contributed by atoms with E-state index in [2.05, 4.69) is 10.0 Å². The van der Waals surface area contributed by atoms with Gasteiger partial charge in [-0.15, -0.1) is 0 Å². The van der Waals surface area contributed by atoms with Crippen molar-refractivity contribution in [2.45, 2.75) is 35.6 Å². The summed E-state index contributed by atoms with van der Waals surface area (Å²) in [4.78, 5) is 24.5. The van der Waals surface area contributed by atoms with Crippen LogP contribution in [0, 0.1) is 6.92 Å². The SMILES string of the molecule is Cc1ccc(NC(=O)COC(=O)c2cccc(S(=O)(=O)NC3CC3)c2)cc1S(=O)(=O)N(C)C. The maximum atomic E-state index is 12.4. The van der Waals surface area contributed by atoms with Crippen LogP contribution in [0.4, 0.5) is 5.69 Å². The summed E-state index contributed by atoms with van der Waals surface area (Å²) in [6.45, 7) is 0.998. The standard InChI is InChI=1S/C21H25N3O7S2/c1-14-7-8-17(12-19(14)33(29,30)24(2)3)22-20(25)13-31-21(26)15-5-4-6-18(11-15)32(27,28)23-16-9-10-16/h4-8,11-12,16,23H,9-10,13H2,1-3H3,(H,22,25). The number of ether oxygens (including phenoxy) is 1. The number of nitrogens with one attached hydrogen (secondary N) is 2. The fourth-order valence-electron chi connectivity index (χ4n) is 2.84. The molecule has 10 nitrogen and oxygen atoms in total. The lowest BCUT2D eigenvalue weighted by atomic mass is 10.2. The molecule has 0 atom stereocenters. The number of anilines is 1. The van der Waals surface area contributed by atoms with Crippen molar-refractivity contribution in [2.24, 2.45) is 0 Å². The van der Waals surface area contributed by atoms with Gasteiger partial charge in [0.1, 0.15) is 0 Å². The highest BCUT2D eigenvalue weighted by Crippen LogP contribution is 2.23. The van der Waals surface area contributed by atoms with Gasteiger partial charge in [0.05, 0.1) is 15.4 Å². The van der Waals surface area contributed by atoms with E-state index in [4.69, 9.17) is 4.74 Å². The summed E-state index contributed by atoms with van der Waals surface area (Å²) in [6.07, 6.45) is 1.55. The molecule has 0 aliphatic heterocycles. The third kappa shape index (κ3) is 6.16. The highest BCUT2D eigenvalue weighted by atomic mass is 32.2. The topological polar surface area (TPSA) is 139 Å². The van der Waals surface area contributed by atoms with Crippen LogP contribution < -0.4 is 10.0 Å². The van der Waals surface area contributed by atoms with E-state index in [0.717, 1.165) is 17.1 Å². The van der Waals surface area contributed by atoms with Crippen molar-refractivity contribution in [2.75, 3.05) is 26.0 Å². The molecule has 1 fully saturated rings. The summed E-state index contributed by atoms with van der Waals surface area (Å²) >= 11 is 0. The lowest BCUT2D eigenvalue weighted by molar-refractivity contribution is -0.119. The number of carbonyl (C=O) groups excluding carboxylic acids is 2. The minimum Gasteiger partial charge on any atom is -0.452 e. The average molecular weight is 496 g/mol. The van der Waals surface area contributed by atoms with Crippen LogP contribution in [0.3, 0.4) is 0 Å². The second-order valence-corrected chi connectivity index (χ2v) is 11.6. The van der Waals surface area contributed by atoms with Crippen LogP contribution in [-0.2, 0) is 29.6 Å². The van der Waals surface area contributed by atoms with E-state index >= 15 is 0 Å². The summed E-state index contributed by atoms with van der Waals surface area (Å²) in [6, 6.07) is 9.68. The number of aryl methyl sites for hydroxylation is 1. The molecule has 1 aliphatic carbocycles. The molecule has 0 aromatic heterocycles. The molecular weight excluding hydrogens is 470 g/mol. The number of esters is 1. The smallest absolute Gasteiger partial charge is 0.338 e. The van der Waals surface area contributed by atoms with E-state index in [0.29, 0.717) is 5.56 Å². The molecule has 33 heavy (non-hydrogen) atoms. The van der Waals surface area contributed by atoms with Crippen LogP contribution in [0.15, 0.2) is 52.3 Å². The van der Waals surface area contributed by atoms with Gasteiger partial charge >= 0.3 is 5.97 Å². The number of carbonyl (C=O) groups is 2. The molecule has 178 valence electrons. The van der Waals surface area contributed by atoms with E-state index < -0.39 is 38.5 Å². The second-order valence-electron chi connectivity index (χ2n) is 7.82. The van der Waals surface area contributed by atoms with Crippen molar-refractivity contribution in [3.8, 4) is 0 Å². The minimum absolute atomic E-state index is 0.0174. The van der Waals surface area contributed by atoms with Gasteiger partial charge in [-0.1, -0.05) is 12.1 Å². The van der Waals surface area contributed by atoms with Gasteiger partial charge in [0.25, 0.3) is 5.91 Å². The maximum Gasteiger partial charge on any atom is 0.338 e. The summed E-state index contributed by atoms with van der Waals surface area (Å²) < 4.78 is 58.1. The summed E-state index contributed by atoms with van der Waals surface area (Å²) in [5, 5.41) is 2.49. The van der Waals surface area contributed by atoms with Gasteiger partial charge in [-0.25, -0.2) is 30.7 Å². The van der Waals surface area contributed by atoms with Gasteiger partial charge in [-0.05, 0) is 55.7 Å². The third-order valence-electron chi connectivity index (χ3n) is 4.84. The largest absolute Gasteiger partial charge is 0.452 e. The van der Waals surface area contributed by atoms with E-state index in [1.54, 1.807) is 13.0 Å². The van der Waals surface area contributed by atoms with E-state index in [1.807, 2.05) is 0 Å². The van der Waals surface area contributed by atoms with Gasteiger partial charge < -0.3 is 10.1 Å². The van der Waals surface area contributed by atoms with Crippen LogP contribution in [0.2, 0.25) is 0 Å². The molecule has 2 aromatic rings. The number of hydrogen-bond donors (Lipinski definition) is 2. The number of sulfonamides is 2. The van der Waals surface area contributed by atoms with Crippen molar-refractivity contribution in [3.63, 3.8) is 0 Å². The van der Waals surface area contributed by atoms with Crippen molar-refractivity contribution in [1.82, 2.24) is 9.03 Å². The fraction of sp³-hybridized carbons (Fsp3) is 0.333. The Hall–Kier alpha value is -2.80. The number of rotatable bonds is 9. The molecule has 0 bridgehead atoms. The van der Waals surface area contributed by atoms with Crippen molar-refractivity contribution >= 4 is 37.6 Å². The first-order valence-electron chi connectivity index (χ1n) is 10.0. The Balaban J connectivity index is 1.64. The Morgan fingerprint density at radius 3 is 2.39 bits per heavy atom. The third-order valence-corrected chi connectivity index (χ3v) is 8.32. The first-order valence-corrected chi connectivity index (χ1v) is 12.9. The minimum atomic E-state index is -3.74. The highest BCUT2D eigenvalue weighted by Gasteiger charge is 2.28. The van der Waals surface area contributed by atoms with E-state index in [9.17, 15) is 26.4 Å². The molecule has 12 heteroatoms. The van der Waals surface area contributed by atoms with Crippen LogP contribution in [0.25, 0.3) is 0 Å². The zero-order valence-corrected chi connectivity index (χ0v) is 20.0. The van der Waals surface area contributed by atoms with Gasteiger partial charge in [-0.2, -0.15) is 0 Å². The normalized spacial score (nSPS) is 14.2. The maximum absolute atomic E-state index is 12.4. The number of hydrogen-bond acceptors (Lipinski definition) is 7. The van der Waals surface area contributed by atoms with Gasteiger partial charge in [-0.3, -0.25) is 4.79 Å². The molecular formula is C21H25N3O7S2. The lowest BCUT2D eigenvalue weighted by Crippen LogP contribution is -2.26. The number of benzene rings is 2. The zero-order chi connectivity index (χ0) is 24.4. The molecule has 2 aromatic carbocycles. The zero-order valence-electron chi connectivity index (χ0n) is 18.4. The Morgan fingerprint density at radius 2 is 1.76 bits per heavy atom. The van der Waals surface area contributed by atoms with Crippen molar-refractivity contribution in [3.05, 3.63) is 53.6 Å². The summed E-state index contributed by atoms with van der Waals surface area (Å²) in [5.41, 5.74) is 0.719. The van der Waals surface area contributed by atoms with Gasteiger partial charge in [0.15, 0.2) is 6.61 Å². The monoisotopic (exact) mass is 495 g/mol. The Bertz CT molecular complexity index is 1280. The molecule has 0 spiro atoms. The number of nitrogens with zero attached hydrogens (tertiary/aromatic N) is 1. The quantitative estimate of drug-likeness (QED) is 0.502. The second kappa shape index (κ2) is 9.59. The number of amides is 1. The van der Waals surface area contributed by atoms with Crippen molar-refractivity contribution in [1.29, 1.82) is 0 Å². The molecule has 0 radical (unpaired) electrons. The van der Waals surface area contributed by atoms with Crippen LogP contribution in [0.5, 0.6) is 0 Å². The predicted octanol–water partition coefficient (Wildman–Crippen LogP) is 1.48. The molecule has 1 amide bonds. The molecule has 1 saturated carbocycles. The Morgan fingerprint density at radius 1 is 1.06 bits per heavy atom. The van der Waals surface area contributed by atoms with Crippen LogP contribution in [0.1, 0.15) is 28.8 Å². The van der Waals surface area contributed by atoms with Gasteiger partial charge in [0.2, 0.25) is 20.0 Å². The Labute approximate surface area is 193 Å².